The fourth-order valence-corrected chi connectivity index (χ4v) is 1.74. The Balaban J connectivity index is 4.84. The Labute approximate surface area is 122 Å². The topological polar surface area (TPSA) is 52.6 Å². The Kier molecular flexibility index (Phi) is 8.70. The standard InChI is InChI=1S/C13H19IO4/c1-4-7-8-9-10-13(14,11(15)17-5-2)12(16)18-6-3/h4,8-9H,1,5-7,10H2,2-3H3/b9-8-. The van der Waals surface area contributed by atoms with E-state index in [1.54, 1.807) is 48.6 Å². The number of rotatable bonds is 8. The van der Waals surface area contributed by atoms with Crippen LogP contribution >= 0.6 is 22.6 Å². The van der Waals surface area contributed by atoms with Gasteiger partial charge in [0.1, 0.15) is 0 Å². The predicted octanol–water partition coefficient (Wildman–Crippen LogP) is 2.81. The molecule has 0 unspecified atom stereocenters. The number of hydrogen-bond acceptors (Lipinski definition) is 4. The fourth-order valence-electron chi connectivity index (χ4n) is 1.18. The normalized spacial score (nSPS) is 11.3. The van der Waals surface area contributed by atoms with Gasteiger partial charge >= 0.3 is 11.9 Å². The average Bonchev–Trinajstić information content (AvgIpc) is 2.35. The van der Waals surface area contributed by atoms with E-state index < -0.39 is 15.4 Å². The number of allylic oxidation sites excluding steroid dienone is 3. The Morgan fingerprint density at radius 1 is 1.17 bits per heavy atom. The molecule has 0 N–H and O–H groups in total. The van der Waals surface area contributed by atoms with Crippen molar-refractivity contribution in [2.45, 2.75) is 30.1 Å². The lowest BCUT2D eigenvalue weighted by Crippen LogP contribution is -2.43. The van der Waals surface area contributed by atoms with Crippen LogP contribution in [-0.4, -0.2) is 28.6 Å². The van der Waals surface area contributed by atoms with Crippen molar-refractivity contribution in [3.63, 3.8) is 0 Å². The SMILES string of the molecule is C=CC/C=C\CC(I)(C(=O)OCC)C(=O)OCC. The van der Waals surface area contributed by atoms with Gasteiger partial charge in [-0.2, -0.15) is 0 Å². The summed E-state index contributed by atoms with van der Waals surface area (Å²) >= 11 is 1.80. The highest BCUT2D eigenvalue weighted by Gasteiger charge is 2.45. The van der Waals surface area contributed by atoms with Crippen LogP contribution in [0.2, 0.25) is 0 Å². The maximum absolute atomic E-state index is 11.9. The molecular weight excluding hydrogens is 347 g/mol. The first-order valence-electron chi connectivity index (χ1n) is 5.82. The molecule has 0 bridgehead atoms. The van der Waals surface area contributed by atoms with Gasteiger partial charge < -0.3 is 9.47 Å². The summed E-state index contributed by atoms with van der Waals surface area (Å²) in [6.45, 7) is 7.46. The second-order valence-corrected chi connectivity index (χ2v) is 5.28. The molecule has 102 valence electrons. The third kappa shape index (κ3) is 5.20. The van der Waals surface area contributed by atoms with Gasteiger partial charge in [-0.1, -0.05) is 40.8 Å². The Morgan fingerprint density at radius 2 is 1.67 bits per heavy atom. The van der Waals surface area contributed by atoms with Crippen LogP contribution in [0.1, 0.15) is 26.7 Å². The van der Waals surface area contributed by atoms with E-state index in [2.05, 4.69) is 6.58 Å². The number of alkyl halides is 1. The van der Waals surface area contributed by atoms with Gasteiger partial charge in [-0.05, 0) is 20.3 Å². The van der Waals surface area contributed by atoms with Crippen LogP contribution in [0.25, 0.3) is 0 Å². The maximum Gasteiger partial charge on any atom is 0.333 e. The lowest BCUT2D eigenvalue weighted by molar-refractivity contribution is -0.157. The number of carbonyl (C=O) groups is 2. The predicted molar refractivity (Wildman–Crippen MR) is 78.6 cm³/mol. The van der Waals surface area contributed by atoms with Gasteiger partial charge in [0.25, 0.3) is 0 Å². The molecule has 4 nitrogen and oxygen atoms in total. The Hall–Kier alpha value is -0.850. The van der Waals surface area contributed by atoms with E-state index in [4.69, 9.17) is 9.47 Å². The van der Waals surface area contributed by atoms with Crippen LogP contribution in [0.15, 0.2) is 24.8 Å². The van der Waals surface area contributed by atoms with Crippen LogP contribution in [0, 0.1) is 0 Å². The van der Waals surface area contributed by atoms with E-state index in [-0.39, 0.29) is 19.6 Å². The molecule has 0 aromatic carbocycles. The number of halogens is 1. The lowest BCUT2D eigenvalue weighted by atomic mass is 10.1. The average molecular weight is 366 g/mol. The molecule has 0 atom stereocenters. The van der Waals surface area contributed by atoms with Crippen molar-refractivity contribution in [1.82, 2.24) is 0 Å². The summed E-state index contributed by atoms with van der Waals surface area (Å²) in [6, 6.07) is 0. The van der Waals surface area contributed by atoms with Crippen molar-refractivity contribution < 1.29 is 19.1 Å². The Morgan fingerprint density at radius 3 is 2.06 bits per heavy atom. The summed E-state index contributed by atoms with van der Waals surface area (Å²) < 4.78 is 8.56. The third-order valence-corrected chi connectivity index (χ3v) is 3.39. The van der Waals surface area contributed by atoms with E-state index in [9.17, 15) is 9.59 Å². The maximum atomic E-state index is 11.9. The molecule has 0 aromatic rings. The summed E-state index contributed by atoms with van der Waals surface area (Å²) in [6.07, 6.45) is 6.29. The van der Waals surface area contributed by atoms with Crippen molar-refractivity contribution in [3.05, 3.63) is 24.8 Å². The van der Waals surface area contributed by atoms with Crippen molar-refractivity contribution >= 4 is 34.5 Å². The highest BCUT2D eigenvalue weighted by Crippen LogP contribution is 2.28. The van der Waals surface area contributed by atoms with Gasteiger partial charge in [-0.25, -0.2) is 9.59 Å². The summed E-state index contributed by atoms with van der Waals surface area (Å²) in [5.74, 6) is -1.13. The minimum atomic E-state index is -1.30. The first-order chi connectivity index (χ1) is 8.52. The molecule has 0 amide bonds. The minimum Gasteiger partial charge on any atom is -0.465 e. The van der Waals surface area contributed by atoms with Crippen molar-refractivity contribution in [2.24, 2.45) is 0 Å². The number of hydrogen-bond donors (Lipinski definition) is 0. The van der Waals surface area contributed by atoms with Crippen molar-refractivity contribution in [2.75, 3.05) is 13.2 Å². The van der Waals surface area contributed by atoms with Crippen molar-refractivity contribution in [1.29, 1.82) is 0 Å². The van der Waals surface area contributed by atoms with Crippen LogP contribution < -0.4 is 0 Å². The number of carbonyl (C=O) groups excluding carboxylic acids is 2. The van der Waals surface area contributed by atoms with E-state index in [0.29, 0.717) is 6.42 Å². The van der Waals surface area contributed by atoms with E-state index in [0.717, 1.165) is 0 Å². The molecule has 0 fully saturated rings. The van der Waals surface area contributed by atoms with E-state index in [1.165, 1.54) is 0 Å². The smallest absolute Gasteiger partial charge is 0.333 e. The lowest BCUT2D eigenvalue weighted by Gasteiger charge is -2.21. The highest BCUT2D eigenvalue weighted by molar-refractivity contribution is 14.1. The van der Waals surface area contributed by atoms with Crippen molar-refractivity contribution in [3.8, 4) is 0 Å². The number of esters is 2. The van der Waals surface area contributed by atoms with Gasteiger partial charge in [0, 0.05) is 6.42 Å². The minimum absolute atomic E-state index is 0.235. The number of ether oxygens (including phenoxy) is 2. The molecule has 0 radical (unpaired) electrons. The molecule has 0 aromatic heterocycles. The Bertz CT molecular complexity index is 305. The molecular formula is C13H19IO4. The van der Waals surface area contributed by atoms with Gasteiger partial charge in [0.2, 0.25) is 3.42 Å². The molecule has 0 aliphatic rings. The quantitative estimate of drug-likeness (QED) is 0.218. The molecule has 18 heavy (non-hydrogen) atoms. The monoisotopic (exact) mass is 366 g/mol. The molecule has 0 heterocycles. The third-order valence-electron chi connectivity index (χ3n) is 2.07. The zero-order chi connectivity index (χ0) is 14.0. The van der Waals surface area contributed by atoms with Gasteiger partial charge in [0.15, 0.2) is 0 Å². The van der Waals surface area contributed by atoms with Crippen LogP contribution in [0.3, 0.4) is 0 Å². The zero-order valence-corrected chi connectivity index (χ0v) is 12.9. The van der Waals surface area contributed by atoms with Gasteiger partial charge in [0.05, 0.1) is 13.2 Å². The van der Waals surface area contributed by atoms with Gasteiger partial charge in [-0.3, -0.25) is 0 Å². The molecule has 0 saturated carbocycles. The zero-order valence-electron chi connectivity index (χ0n) is 10.8. The molecule has 0 aliphatic carbocycles. The summed E-state index contributed by atoms with van der Waals surface area (Å²) in [7, 11) is 0. The van der Waals surface area contributed by atoms with Crippen LogP contribution in [0.4, 0.5) is 0 Å². The highest BCUT2D eigenvalue weighted by atomic mass is 127. The molecule has 0 spiro atoms. The second-order valence-electron chi connectivity index (χ2n) is 3.44. The first kappa shape index (κ1) is 17.2. The fraction of sp³-hybridized carbons (Fsp3) is 0.538. The van der Waals surface area contributed by atoms with Crippen LogP contribution in [0.5, 0.6) is 0 Å². The summed E-state index contributed by atoms with van der Waals surface area (Å²) in [4.78, 5) is 23.7. The van der Waals surface area contributed by atoms with E-state index >= 15 is 0 Å². The van der Waals surface area contributed by atoms with Crippen LogP contribution in [-0.2, 0) is 19.1 Å². The largest absolute Gasteiger partial charge is 0.465 e. The summed E-state index contributed by atoms with van der Waals surface area (Å²) in [5.41, 5.74) is 0. The van der Waals surface area contributed by atoms with E-state index in [1.807, 2.05) is 6.08 Å². The molecule has 0 aliphatic heterocycles. The second kappa shape index (κ2) is 9.13. The molecule has 0 saturated heterocycles. The molecule has 5 heteroatoms. The van der Waals surface area contributed by atoms with Gasteiger partial charge in [-0.15, -0.1) is 6.58 Å². The molecule has 0 rings (SSSR count). The first-order valence-corrected chi connectivity index (χ1v) is 6.90. The summed E-state index contributed by atoms with van der Waals surface area (Å²) in [5, 5.41) is 0.